The van der Waals surface area contributed by atoms with Gasteiger partial charge in [0.15, 0.2) is 0 Å². The quantitative estimate of drug-likeness (QED) is 0.260. The van der Waals surface area contributed by atoms with Crippen molar-refractivity contribution in [2.75, 3.05) is 64.0 Å². The minimum Gasteiger partial charge on any atom is -0.381 e. The summed E-state index contributed by atoms with van der Waals surface area (Å²) in [5.41, 5.74) is 1.89. The van der Waals surface area contributed by atoms with Crippen molar-refractivity contribution in [3.05, 3.63) is 23.2 Å². The van der Waals surface area contributed by atoms with Gasteiger partial charge in [0.05, 0.1) is 5.70 Å². The van der Waals surface area contributed by atoms with E-state index in [1.807, 2.05) is 14.7 Å². The summed E-state index contributed by atoms with van der Waals surface area (Å²) >= 11 is 8.10. The van der Waals surface area contributed by atoms with Crippen LogP contribution in [-0.2, 0) is 14.3 Å². The van der Waals surface area contributed by atoms with Crippen LogP contribution in [0.15, 0.2) is 23.2 Å². The van der Waals surface area contributed by atoms with Crippen molar-refractivity contribution in [3.8, 4) is 0 Å². The molecule has 1 aliphatic carbocycles. The number of ether oxygens (including phenoxy) is 1. The lowest BCUT2D eigenvalue weighted by molar-refractivity contribution is -0.117. The molecule has 8 heteroatoms. The number of allylic oxidation sites excluding steroid dienone is 1. The van der Waals surface area contributed by atoms with Crippen molar-refractivity contribution in [2.24, 2.45) is 0 Å². The molecule has 3 aliphatic heterocycles. The standard InChI is InChI=1S/C12H13N3O2.C6H14OS2/c16-9-7-8(13-1-2-13)12(17)11(15-5-6-15)10(9)14-3-4-14;8-5-1-3-7-4-2-6-9/h7H,1-6H2;8-9H,1-6H2. The molecule has 3 fully saturated rings. The van der Waals surface area contributed by atoms with E-state index in [1.54, 1.807) is 0 Å². The second-order valence-corrected chi connectivity index (χ2v) is 7.54. The van der Waals surface area contributed by atoms with Crippen LogP contribution in [0.1, 0.15) is 12.8 Å². The van der Waals surface area contributed by atoms with Gasteiger partial charge in [0.2, 0.25) is 11.6 Å². The molecule has 6 nitrogen and oxygen atoms in total. The highest BCUT2D eigenvalue weighted by atomic mass is 32.1. The first kappa shape index (κ1) is 19.6. The summed E-state index contributed by atoms with van der Waals surface area (Å²) in [6, 6.07) is 0. The second kappa shape index (κ2) is 9.19. The Bertz CT molecular complexity index is 603. The largest absolute Gasteiger partial charge is 0.381 e. The Morgan fingerprint density at radius 3 is 1.77 bits per heavy atom. The predicted octanol–water partition coefficient (Wildman–Crippen LogP) is 0.823. The van der Waals surface area contributed by atoms with Gasteiger partial charge < -0.3 is 19.4 Å². The minimum atomic E-state index is 0.00546. The lowest BCUT2D eigenvalue weighted by Crippen LogP contribution is -2.29. The number of carbonyl (C=O) groups is 2. The van der Waals surface area contributed by atoms with E-state index in [0.717, 1.165) is 76.8 Å². The van der Waals surface area contributed by atoms with E-state index in [0.29, 0.717) is 17.1 Å². The number of hydrogen-bond acceptors (Lipinski definition) is 8. The van der Waals surface area contributed by atoms with Gasteiger partial charge in [0.1, 0.15) is 11.4 Å². The van der Waals surface area contributed by atoms with Crippen LogP contribution < -0.4 is 0 Å². The Hall–Kier alpha value is -1.12. The maximum atomic E-state index is 12.4. The third-order valence-corrected chi connectivity index (χ3v) is 5.01. The minimum absolute atomic E-state index is 0.00546. The molecule has 0 atom stereocenters. The van der Waals surface area contributed by atoms with Gasteiger partial charge in [0, 0.05) is 58.6 Å². The smallest absolute Gasteiger partial charge is 0.227 e. The van der Waals surface area contributed by atoms with Crippen molar-refractivity contribution in [3.63, 3.8) is 0 Å². The highest BCUT2D eigenvalue weighted by Crippen LogP contribution is 2.33. The van der Waals surface area contributed by atoms with Crippen molar-refractivity contribution < 1.29 is 14.3 Å². The summed E-state index contributed by atoms with van der Waals surface area (Å²) in [4.78, 5) is 30.5. The topological polar surface area (TPSA) is 52.4 Å². The van der Waals surface area contributed by atoms with Crippen LogP contribution in [0.25, 0.3) is 0 Å². The lowest BCUT2D eigenvalue weighted by Gasteiger charge is -2.21. The molecule has 0 amide bonds. The molecule has 0 bridgehead atoms. The van der Waals surface area contributed by atoms with Gasteiger partial charge in [-0.15, -0.1) is 0 Å². The number of ketones is 2. The third-order valence-electron chi connectivity index (χ3n) is 4.38. The van der Waals surface area contributed by atoms with Crippen molar-refractivity contribution in [1.82, 2.24) is 14.7 Å². The number of nitrogens with zero attached hydrogens (tertiary/aromatic N) is 3. The van der Waals surface area contributed by atoms with E-state index in [1.165, 1.54) is 6.08 Å². The number of thiol groups is 2. The Morgan fingerprint density at radius 1 is 0.808 bits per heavy atom. The summed E-state index contributed by atoms with van der Waals surface area (Å²) < 4.78 is 5.22. The summed E-state index contributed by atoms with van der Waals surface area (Å²) in [7, 11) is 0. The first-order valence-corrected chi connectivity index (χ1v) is 10.5. The number of Topliss-reactive ketones (excluding diaryl/α,β-unsaturated/α-hetero) is 1. The van der Waals surface area contributed by atoms with E-state index in [9.17, 15) is 9.59 Å². The van der Waals surface area contributed by atoms with Gasteiger partial charge in [0.25, 0.3) is 0 Å². The lowest BCUT2D eigenvalue weighted by atomic mass is 10.0. The number of hydrogen-bond donors (Lipinski definition) is 2. The SMILES string of the molecule is O=C1C=C(N2CC2)C(=O)C(N2CC2)=C1N1CC1.SCCCOCCCS. The van der Waals surface area contributed by atoms with Crippen LogP contribution in [0.3, 0.4) is 0 Å². The van der Waals surface area contributed by atoms with Crippen LogP contribution >= 0.6 is 25.3 Å². The molecule has 0 unspecified atom stereocenters. The average Bonchev–Trinajstić information content (AvgIpc) is 3.50. The van der Waals surface area contributed by atoms with Gasteiger partial charge in [-0.25, -0.2) is 0 Å². The summed E-state index contributed by atoms with van der Waals surface area (Å²) in [5.74, 6) is 1.88. The molecule has 0 N–H and O–H groups in total. The summed E-state index contributed by atoms with van der Waals surface area (Å²) in [5, 5.41) is 0. The maximum absolute atomic E-state index is 12.4. The molecular weight excluding hydrogens is 370 g/mol. The molecule has 144 valence electrons. The molecule has 0 saturated carbocycles. The number of carbonyl (C=O) groups excluding carboxylic acids is 2. The first-order valence-electron chi connectivity index (χ1n) is 9.26. The normalized spacial score (nSPS) is 20.8. The fourth-order valence-electron chi connectivity index (χ4n) is 2.71. The highest BCUT2D eigenvalue weighted by molar-refractivity contribution is 7.80. The fourth-order valence-corrected chi connectivity index (χ4v) is 2.97. The molecule has 0 radical (unpaired) electrons. The molecule has 4 aliphatic rings. The molecule has 26 heavy (non-hydrogen) atoms. The van der Waals surface area contributed by atoms with Gasteiger partial charge in [-0.2, -0.15) is 25.3 Å². The molecule has 3 heterocycles. The van der Waals surface area contributed by atoms with E-state index >= 15 is 0 Å². The summed E-state index contributed by atoms with van der Waals surface area (Å²) in [6.07, 6.45) is 3.63. The zero-order valence-electron chi connectivity index (χ0n) is 15.0. The monoisotopic (exact) mass is 397 g/mol. The third kappa shape index (κ3) is 5.20. The molecule has 0 aromatic rings. The Morgan fingerprint density at radius 2 is 1.31 bits per heavy atom. The average molecular weight is 398 g/mol. The van der Waals surface area contributed by atoms with Gasteiger partial charge in [-0.05, 0) is 24.3 Å². The van der Waals surface area contributed by atoms with Gasteiger partial charge in [-0.3, -0.25) is 9.59 Å². The van der Waals surface area contributed by atoms with Crippen LogP contribution in [-0.4, -0.2) is 90.3 Å². The molecule has 4 rings (SSSR count). The van der Waals surface area contributed by atoms with Crippen molar-refractivity contribution in [2.45, 2.75) is 12.8 Å². The van der Waals surface area contributed by atoms with Crippen molar-refractivity contribution >= 4 is 36.8 Å². The van der Waals surface area contributed by atoms with Crippen LogP contribution in [0.2, 0.25) is 0 Å². The predicted molar refractivity (Wildman–Crippen MR) is 108 cm³/mol. The zero-order valence-corrected chi connectivity index (χ0v) is 16.8. The van der Waals surface area contributed by atoms with E-state index < -0.39 is 0 Å². The van der Waals surface area contributed by atoms with E-state index in [4.69, 9.17) is 4.74 Å². The van der Waals surface area contributed by atoms with E-state index in [2.05, 4.69) is 25.3 Å². The highest BCUT2D eigenvalue weighted by Gasteiger charge is 2.43. The Labute approximate surface area is 166 Å². The Kier molecular flexibility index (Phi) is 6.94. The number of rotatable bonds is 9. The Balaban J connectivity index is 0.000000188. The first-order chi connectivity index (χ1) is 12.7. The van der Waals surface area contributed by atoms with Gasteiger partial charge >= 0.3 is 0 Å². The molecular formula is C18H27N3O3S2. The van der Waals surface area contributed by atoms with Crippen LogP contribution in [0.5, 0.6) is 0 Å². The van der Waals surface area contributed by atoms with Gasteiger partial charge in [-0.1, -0.05) is 0 Å². The van der Waals surface area contributed by atoms with Crippen LogP contribution in [0.4, 0.5) is 0 Å². The fraction of sp³-hybridized carbons (Fsp3) is 0.667. The summed E-state index contributed by atoms with van der Waals surface area (Å²) in [6.45, 7) is 7.10. The second-order valence-electron chi connectivity index (χ2n) is 6.65. The van der Waals surface area contributed by atoms with E-state index in [-0.39, 0.29) is 11.6 Å². The molecule has 3 saturated heterocycles. The molecule has 0 spiro atoms. The maximum Gasteiger partial charge on any atom is 0.227 e. The zero-order chi connectivity index (χ0) is 18.5. The molecule has 0 aromatic carbocycles. The molecule has 0 aromatic heterocycles. The van der Waals surface area contributed by atoms with Crippen LogP contribution in [0, 0.1) is 0 Å². The van der Waals surface area contributed by atoms with Crippen molar-refractivity contribution in [1.29, 1.82) is 0 Å².